The standard InChI is InChI=1S/C30H31N3O3/c1-4-21-13-15-22(16-14-21)19-33-28(34)26-17-23-9-5-7-11-25(23)32(26)20-30(33,2)29(35)31-18-24-10-6-8-12-27(24)36-3/h5-17H,4,18-20H2,1-3H3,(H,31,35). The van der Waals surface area contributed by atoms with Crippen LogP contribution in [-0.2, 0) is 30.8 Å². The quantitative estimate of drug-likeness (QED) is 0.407. The molecule has 1 aliphatic rings. The van der Waals surface area contributed by atoms with Crippen LogP contribution in [0.1, 0.15) is 41.0 Å². The zero-order valence-electron chi connectivity index (χ0n) is 21.0. The highest BCUT2D eigenvalue weighted by atomic mass is 16.5. The number of aryl methyl sites for hydroxylation is 1. The van der Waals surface area contributed by atoms with Crippen LogP contribution >= 0.6 is 0 Å². The van der Waals surface area contributed by atoms with Crippen LogP contribution in [0.5, 0.6) is 5.75 Å². The molecule has 1 atom stereocenters. The number of benzene rings is 3. The molecule has 1 unspecified atom stereocenters. The lowest BCUT2D eigenvalue weighted by atomic mass is 9.93. The molecule has 184 valence electrons. The van der Waals surface area contributed by atoms with E-state index in [1.807, 2.05) is 78.2 Å². The first-order chi connectivity index (χ1) is 17.4. The van der Waals surface area contributed by atoms with Gasteiger partial charge in [-0.3, -0.25) is 9.59 Å². The molecule has 3 aromatic carbocycles. The Bertz CT molecular complexity index is 1420. The number of amides is 2. The fraction of sp³-hybridized carbons (Fsp3) is 0.267. The van der Waals surface area contributed by atoms with Crippen molar-refractivity contribution in [2.45, 2.75) is 45.4 Å². The van der Waals surface area contributed by atoms with E-state index in [1.54, 1.807) is 12.0 Å². The number of methoxy groups -OCH3 is 1. The second kappa shape index (κ2) is 9.53. The lowest BCUT2D eigenvalue weighted by molar-refractivity contribution is -0.133. The lowest BCUT2D eigenvalue weighted by Gasteiger charge is -2.44. The first-order valence-corrected chi connectivity index (χ1v) is 12.3. The van der Waals surface area contributed by atoms with Crippen molar-refractivity contribution in [2.24, 2.45) is 0 Å². The number of hydrogen-bond acceptors (Lipinski definition) is 3. The number of nitrogens with zero attached hydrogens (tertiary/aromatic N) is 2. The molecule has 4 aromatic rings. The Morgan fingerprint density at radius 2 is 1.69 bits per heavy atom. The fourth-order valence-corrected chi connectivity index (χ4v) is 5.03. The summed E-state index contributed by atoms with van der Waals surface area (Å²) in [7, 11) is 1.62. The molecule has 0 bridgehead atoms. The van der Waals surface area contributed by atoms with Crippen molar-refractivity contribution in [3.8, 4) is 5.75 Å². The molecule has 2 heterocycles. The monoisotopic (exact) mass is 481 g/mol. The SMILES string of the molecule is CCc1ccc(CN2C(=O)c3cc4ccccc4n3CC2(C)C(=O)NCc2ccccc2OC)cc1. The Balaban J connectivity index is 1.51. The average molecular weight is 482 g/mol. The number of hydrogen-bond donors (Lipinski definition) is 1. The third-order valence-electron chi connectivity index (χ3n) is 7.23. The van der Waals surface area contributed by atoms with E-state index in [4.69, 9.17) is 4.74 Å². The molecule has 0 radical (unpaired) electrons. The maximum absolute atomic E-state index is 13.9. The van der Waals surface area contributed by atoms with Crippen LogP contribution in [-0.4, -0.2) is 33.9 Å². The average Bonchev–Trinajstić information content (AvgIpc) is 3.28. The Morgan fingerprint density at radius 1 is 1.00 bits per heavy atom. The van der Waals surface area contributed by atoms with E-state index in [9.17, 15) is 9.59 Å². The van der Waals surface area contributed by atoms with E-state index >= 15 is 0 Å². The van der Waals surface area contributed by atoms with Gasteiger partial charge in [0.1, 0.15) is 17.0 Å². The molecule has 0 saturated heterocycles. The molecule has 6 heteroatoms. The van der Waals surface area contributed by atoms with Gasteiger partial charge in [0, 0.05) is 29.6 Å². The van der Waals surface area contributed by atoms with Gasteiger partial charge in [0.25, 0.3) is 5.91 Å². The zero-order valence-corrected chi connectivity index (χ0v) is 21.0. The summed E-state index contributed by atoms with van der Waals surface area (Å²) in [5.74, 6) is 0.372. The van der Waals surface area contributed by atoms with Gasteiger partial charge in [-0.05, 0) is 42.7 Å². The minimum absolute atomic E-state index is 0.146. The Hall–Kier alpha value is -4.06. The van der Waals surface area contributed by atoms with E-state index < -0.39 is 5.54 Å². The van der Waals surface area contributed by atoms with Crippen LogP contribution in [0.4, 0.5) is 0 Å². The van der Waals surface area contributed by atoms with Crippen LogP contribution in [0, 0.1) is 0 Å². The van der Waals surface area contributed by atoms with Gasteiger partial charge in [0.05, 0.1) is 13.7 Å². The van der Waals surface area contributed by atoms with Gasteiger partial charge < -0.3 is 19.5 Å². The van der Waals surface area contributed by atoms with Crippen LogP contribution in [0.15, 0.2) is 78.9 Å². The third kappa shape index (κ3) is 4.13. The molecule has 5 rings (SSSR count). The molecule has 1 N–H and O–H groups in total. The molecular weight excluding hydrogens is 450 g/mol. The van der Waals surface area contributed by atoms with Gasteiger partial charge in [-0.2, -0.15) is 0 Å². The Kier molecular flexibility index (Phi) is 6.27. The summed E-state index contributed by atoms with van der Waals surface area (Å²) >= 11 is 0. The molecule has 0 spiro atoms. The van der Waals surface area contributed by atoms with E-state index in [-0.39, 0.29) is 11.8 Å². The topological polar surface area (TPSA) is 63.6 Å². The van der Waals surface area contributed by atoms with Gasteiger partial charge in [0.15, 0.2) is 0 Å². The number of carbonyl (C=O) groups excluding carboxylic acids is 2. The van der Waals surface area contributed by atoms with Crippen LogP contribution in [0.2, 0.25) is 0 Å². The smallest absolute Gasteiger partial charge is 0.271 e. The number of ether oxygens (including phenoxy) is 1. The Labute approximate surface area is 211 Å². The number of carbonyl (C=O) groups is 2. The summed E-state index contributed by atoms with van der Waals surface area (Å²) in [6, 6.07) is 25.7. The van der Waals surface area contributed by atoms with Crippen molar-refractivity contribution in [1.82, 2.24) is 14.8 Å². The molecule has 6 nitrogen and oxygen atoms in total. The number of rotatable bonds is 7. The fourth-order valence-electron chi connectivity index (χ4n) is 5.03. The second-order valence-electron chi connectivity index (χ2n) is 9.50. The molecule has 1 aromatic heterocycles. The predicted molar refractivity (Wildman–Crippen MR) is 141 cm³/mol. The summed E-state index contributed by atoms with van der Waals surface area (Å²) in [6.07, 6.45) is 0.950. The molecule has 1 aliphatic heterocycles. The number of fused-ring (bicyclic) bond motifs is 3. The summed E-state index contributed by atoms with van der Waals surface area (Å²) in [5, 5.41) is 4.08. The van der Waals surface area contributed by atoms with E-state index in [0.29, 0.717) is 31.1 Å². The summed E-state index contributed by atoms with van der Waals surface area (Å²) in [6.45, 7) is 5.01. The van der Waals surface area contributed by atoms with Crippen molar-refractivity contribution in [3.05, 3.63) is 101 Å². The summed E-state index contributed by atoms with van der Waals surface area (Å²) in [4.78, 5) is 29.5. The minimum Gasteiger partial charge on any atom is -0.496 e. The van der Waals surface area contributed by atoms with E-state index in [2.05, 4.69) is 24.4 Å². The maximum Gasteiger partial charge on any atom is 0.271 e. The predicted octanol–water partition coefficient (Wildman–Crippen LogP) is 4.94. The molecular formula is C30H31N3O3. The third-order valence-corrected chi connectivity index (χ3v) is 7.23. The number of nitrogens with one attached hydrogen (secondary N) is 1. The first-order valence-electron chi connectivity index (χ1n) is 12.3. The van der Waals surface area contributed by atoms with Crippen LogP contribution < -0.4 is 10.1 Å². The summed E-state index contributed by atoms with van der Waals surface area (Å²) < 4.78 is 7.43. The van der Waals surface area contributed by atoms with Gasteiger partial charge in [-0.15, -0.1) is 0 Å². The number of aromatic nitrogens is 1. The van der Waals surface area contributed by atoms with Gasteiger partial charge in [-0.25, -0.2) is 0 Å². The lowest BCUT2D eigenvalue weighted by Crippen LogP contribution is -2.63. The van der Waals surface area contributed by atoms with Crippen molar-refractivity contribution in [3.63, 3.8) is 0 Å². The highest BCUT2D eigenvalue weighted by Crippen LogP contribution is 2.33. The minimum atomic E-state index is -1.09. The summed E-state index contributed by atoms with van der Waals surface area (Å²) in [5.41, 5.74) is 3.59. The largest absolute Gasteiger partial charge is 0.496 e. The van der Waals surface area contributed by atoms with Crippen molar-refractivity contribution >= 4 is 22.7 Å². The molecule has 2 amide bonds. The molecule has 0 saturated carbocycles. The van der Waals surface area contributed by atoms with E-state index in [0.717, 1.165) is 28.5 Å². The van der Waals surface area contributed by atoms with Gasteiger partial charge in [-0.1, -0.05) is 67.6 Å². The maximum atomic E-state index is 13.9. The second-order valence-corrected chi connectivity index (χ2v) is 9.50. The van der Waals surface area contributed by atoms with Crippen LogP contribution in [0.25, 0.3) is 10.9 Å². The van der Waals surface area contributed by atoms with Crippen molar-refractivity contribution in [1.29, 1.82) is 0 Å². The van der Waals surface area contributed by atoms with Crippen LogP contribution in [0.3, 0.4) is 0 Å². The first kappa shape index (κ1) is 23.7. The number of para-hydroxylation sites is 2. The molecule has 36 heavy (non-hydrogen) atoms. The molecule has 0 fully saturated rings. The normalized spacial score (nSPS) is 17.2. The Morgan fingerprint density at radius 3 is 2.44 bits per heavy atom. The van der Waals surface area contributed by atoms with Crippen molar-refractivity contribution < 1.29 is 14.3 Å². The van der Waals surface area contributed by atoms with Gasteiger partial charge >= 0.3 is 0 Å². The molecule has 0 aliphatic carbocycles. The highest BCUT2D eigenvalue weighted by Gasteiger charge is 2.47. The van der Waals surface area contributed by atoms with Crippen molar-refractivity contribution in [2.75, 3.05) is 7.11 Å². The highest BCUT2D eigenvalue weighted by molar-refractivity contribution is 6.03. The van der Waals surface area contributed by atoms with Gasteiger partial charge in [0.2, 0.25) is 5.91 Å². The van der Waals surface area contributed by atoms with E-state index in [1.165, 1.54) is 5.56 Å². The zero-order chi connectivity index (χ0) is 25.3.